The quantitative estimate of drug-likeness (QED) is 0.176. The van der Waals surface area contributed by atoms with E-state index in [-0.39, 0.29) is 0 Å². The molecule has 0 unspecified atom stereocenters. The first-order chi connectivity index (χ1) is 40.7. The molecule has 10 aromatic rings. The second-order valence-corrected chi connectivity index (χ2v) is 27.4. The summed E-state index contributed by atoms with van der Waals surface area (Å²) in [7, 11) is 0. The Bertz CT molecular complexity index is 3890. The first kappa shape index (κ1) is 63.9. The van der Waals surface area contributed by atoms with Gasteiger partial charge in [-0.1, -0.05) is 183 Å². The van der Waals surface area contributed by atoms with E-state index >= 15 is 0 Å². The predicted octanol–water partition coefficient (Wildman–Crippen LogP) is 22.0. The van der Waals surface area contributed by atoms with Crippen molar-refractivity contribution in [1.29, 1.82) is 0 Å². The zero-order valence-electron chi connectivity index (χ0n) is 54.6. The van der Waals surface area contributed by atoms with Crippen LogP contribution in [0.4, 0.5) is 11.4 Å². The van der Waals surface area contributed by atoms with Gasteiger partial charge in [0.15, 0.2) is 22.9 Å². The maximum Gasteiger partial charge on any atom is 0.192 e. The van der Waals surface area contributed by atoms with Crippen LogP contribution < -0.4 is 0 Å². The molecule has 7 aromatic carbocycles. The van der Waals surface area contributed by atoms with Gasteiger partial charge in [-0.25, -0.2) is 9.97 Å². The molecule has 0 bridgehead atoms. The number of para-hydroxylation sites is 2. The number of oxazole rings is 2. The van der Waals surface area contributed by atoms with Gasteiger partial charge in [0.1, 0.15) is 22.4 Å². The topological polar surface area (TPSA) is 89.9 Å². The number of benzene rings is 7. The molecule has 5 heterocycles. The Morgan fingerprint density at radius 1 is 0.442 bits per heavy atom. The highest BCUT2D eigenvalue weighted by Gasteiger charge is 2.20. The summed E-state index contributed by atoms with van der Waals surface area (Å²) in [6, 6.07) is 48.9. The molecule has 7 nitrogen and oxygen atoms in total. The molecule has 0 amide bonds. The average molecular weight is 1150 g/mol. The average Bonchev–Trinajstić information content (AvgIpc) is 3.21. The van der Waals surface area contributed by atoms with Crippen molar-refractivity contribution in [3.8, 4) is 0 Å². The molecule has 86 heavy (non-hydrogen) atoms. The first-order valence-corrected chi connectivity index (χ1v) is 30.7. The molecule has 0 fully saturated rings. The second-order valence-electron chi connectivity index (χ2n) is 27.4. The Hall–Kier alpha value is -8.16. The Labute approximate surface area is 513 Å². The minimum Gasteiger partial charge on any atom is -0.461 e. The fraction of sp³-hybridized carbons (Fsp3) is 0.342. The number of nitrogens with zero attached hydrogens (tertiary/aromatic N) is 4. The maximum atomic E-state index is 5.62. The van der Waals surface area contributed by atoms with Crippen LogP contribution in [0.1, 0.15) is 160 Å². The molecule has 4 aliphatic rings. The van der Waals surface area contributed by atoms with Crippen LogP contribution in [-0.2, 0) is 38.5 Å². The highest BCUT2D eigenvalue weighted by Crippen LogP contribution is 2.33. The molecule has 0 saturated carbocycles. The van der Waals surface area contributed by atoms with Gasteiger partial charge in [-0.2, -0.15) is 0 Å². The van der Waals surface area contributed by atoms with Crippen molar-refractivity contribution < 1.29 is 13.3 Å². The highest BCUT2D eigenvalue weighted by molar-refractivity contribution is 5.94. The minimum absolute atomic E-state index is 0.308. The third kappa shape index (κ3) is 19.2. The predicted molar refractivity (Wildman–Crippen MR) is 366 cm³/mol. The number of hydrogen-bond donors (Lipinski definition) is 0. The maximum absolute atomic E-state index is 5.62. The van der Waals surface area contributed by atoms with Gasteiger partial charge in [-0.05, 0) is 200 Å². The molecule has 2 aliphatic carbocycles. The molecular formula is C79H92N4O3. The van der Waals surface area contributed by atoms with Gasteiger partial charge >= 0.3 is 0 Å². The van der Waals surface area contributed by atoms with Gasteiger partial charge in [0.2, 0.25) is 0 Å². The van der Waals surface area contributed by atoms with Gasteiger partial charge in [0.25, 0.3) is 0 Å². The van der Waals surface area contributed by atoms with Crippen molar-refractivity contribution in [1.82, 2.24) is 9.97 Å². The minimum atomic E-state index is 0.308. The molecular weight excluding hydrogens is 1050 g/mol. The van der Waals surface area contributed by atoms with Crippen LogP contribution in [0.5, 0.6) is 0 Å². The summed E-state index contributed by atoms with van der Waals surface area (Å²) in [5.74, 6) is 2.44. The summed E-state index contributed by atoms with van der Waals surface area (Å²) in [6.07, 6.45) is 16.2. The largest absolute Gasteiger partial charge is 0.461 e. The standard InChI is InChI=1S/C14H19N.C14H18O.C13H17NO.C11H12.C10H10.C9H9N.C8H7NO/c1-10-5-6-11-8-12(9-14(2,3)4)15-13(11)7-10;1-10-7-12-6-5-11(8-13(12)15-10)9-14(2,3)4;1-9-14-11-6-5-10(7-12(11)15-9)8-13(2,3)4;1-8-3-5-10-6-4-9(2)11(10)7-8;1-8-5-6-9-3-2-4-10(9)7-8;1-7-2-3-8-4-5-10-9(8)6-7;1-6-9-7-4-2-3-5-8(7)10-6/h5-7H,8-9H2,1-4H3;5-8H,9H2,1-4H3;5-7H,8H2,1-4H3;3-5,7H,6H2,1-2H3;2,4-7H,3H2,1H3;2-3,5-6H,4H2,1H3;2-5H,1H3. The van der Waals surface area contributed by atoms with E-state index in [2.05, 4.69) is 239 Å². The van der Waals surface area contributed by atoms with E-state index in [0.29, 0.717) is 16.2 Å². The third-order valence-electron chi connectivity index (χ3n) is 14.8. The zero-order valence-corrected chi connectivity index (χ0v) is 54.6. The molecule has 0 atom stereocenters. The van der Waals surface area contributed by atoms with E-state index in [9.17, 15) is 0 Å². The number of aromatic nitrogens is 2. The molecule has 446 valence electrons. The summed E-state index contributed by atoms with van der Waals surface area (Å²) in [6.45, 7) is 36.7. The monoisotopic (exact) mass is 1140 g/mol. The SMILES string of the molecule is CC1=CCc2ccc(C)cc21.Cc1cc2ccc(CC(C)(C)C)cc2o1.Cc1ccc2c(c1)C=CC2.Cc1ccc2c(c1)N=C(CC(C)(C)C)C2.Cc1ccc2c(c1)N=CC2.Cc1nc2ccc(CC(C)(C)C)cc2o1.Cc1nc2ccccc2o1. The van der Waals surface area contributed by atoms with Gasteiger partial charge in [-0.3, -0.25) is 9.98 Å². The fourth-order valence-corrected chi connectivity index (χ4v) is 11.0. The third-order valence-corrected chi connectivity index (χ3v) is 14.8. The Morgan fingerprint density at radius 2 is 1.00 bits per heavy atom. The van der Waals surface area contributed by atoms with Crippen molar-refractivity contribution in [3.05, 3.63) is 236 Å². The molecule has 0 N–H and O–H groups in total. The number of aliphatic imine (C=N–C) groups is 2. The van der Waals surface area contributed by atoms with Crippen LogP contribution in [0.2, 0.25) is 0 Å². The van der Waals surface area contributed by atoms with Crippen molar-refractivity contribution in [2.45, 2.75) is 163 Å². The lowest BCUT2D eigenvalue weighted by molar-refractivity contribution is 0.411. The number of aryl methyl sites for hydroxylation is 7. The van der Waals surface area contributed by atoms with E-state index < -0.39 is 0 Å². The fourth-order valence-electron chi connectivity index (χ4n) is 11.0. The molecule has 2 aliphatic heterocycles. The summed E-state index contributed by atoms with van der Waals surface area (Å²) in [5.41, 5.74) is 27.2. The second kappa shape index (κ2) is 27.9. The van der Waals surface area contributed by atoms with Gasteiger partial charge < -0.3 is 13.3 Å². The van der Waals surface area contributed by atoms with Crippen molar-refractivity contribution in [2.75, 3.05) is 0 Å². The lowest BCUT2D eigenvalue weighted by Gasteiger charge is -2.17. The first-order valence-electron chi connectivity index (χ1n) is 30.7. The van der Waals surface area contributed by atoms with Crippen LogP contribution in [0, 0.1) is 64.7 Å². The Balaban J connectivity index is 0.000000131. The Kier molecular flexibility index (Phi) is 20.7. The van der Waals surface area contributed by atoms with Crippen molar-refractivity contribution in [2.24, 2.45) is 26.2 Å². The van der Waals surface area contributed by atoms with Crippen LogP contribution >= 0.6 is 0 Å². The summed E-state index contributed by atoms with van der Waals surface area (Å²) in [4.78, 5) is 17.4. The Morgan fingerprint density at radius 3 is 1.66 bits per heavy atom. The number of fused-ring (bicyclic) bond motifs is 7. The summed E-state index contributed by atoms with van der Waals surface area (Å²) in [5, 5.41) is 1.20. The van der Waals surface area contributed by atoms with Crippen LogP contribution in [0.25, 0.3) is 44.8 Å². The van der Waals surface area contributed by atoms with E-state index in [0.717, 1.165) is 96.0 Å². The molecule has 0 saturated heterocycles. The zero-order chi connectivity index (χ0) is 61.9. The van der Waals surface area contributed by atoms with E-state index in [4.69, 9.17) is 18.2 Å². The summed E-state index contributed by atoms with van der Waals surface area (Å²) < 4.78 is 16.4. The molecule has 7 heteroatoms. The van der Waals surface area contributed by atoms with Crippen LogP contribution in [0.3, 0.4) is 0 Å². The number of furan rings is 1. The van der Waals surface area contributed by atoms with Gasteiger partial charge in [0, 0.05) is 44.0 Å². The molecule has 0 radical (unpaired) electrons. The molecule has 0 spiro atoms. The van der Waals surface area contributed by atoms with Gasteiger partial charge in [-0.15, -0.1) is 0 Å². The number of rotatable bonds is 3. The molecule has 14 rings (SSSR count). The van der Waals surface area contributed by atoms with Gasteiger partial charge in [0.05, 0.1) is 11.4 Å². The van der Waals surface area contributed by atoms with Crippen molar-refractivity contribution in [3.63, 3.8) is 0 Å². The van der Waals surface area contributed by atoms with E-state index in [1.165, 1.54) is 89.1 Å². The molecule has 3 aromatic heterocycles. The number of hydrogen-bond acceptors (Lipinski definition) is 7. The highest BCUT2D eigenvalue weighted by atomic mass is 16.4. The van der Waals surface area contributed by atoms with Crippen molar-refractivity contribution >= 4 is 68.1 Å². The number of allylic oxidation sites excluding steroid dienone is 3. The van der Waals surface area contributed by atoms with E-state index in [1.54, 1.807) is 0 Å². The normalized spacial score (nSPS) is 13.2. The lowest BCUT2D eigenvalue weighted by atomic mass is 9.88. The van der Waals surface area contributed by atoms with Crippen LogP contribution in [-0.4, -0.2) is 21.9 Å². The van der Waals surface area contributed by atoms with Crippen LogP contribution in [0.15, 0.2) is 175 Å². The summed E-state index contributed by atoms with van der Waals surface area (Å²) >= 11 is 0. The lowest BCUT2D eigenvalue weighted by Crippen LogP contribution is -2.12. The smallest absolute Gasteiger partial charge is 0.192 e. The van der Waals surface area contributed by atoms with E-state index in [1.807, 2.05) is 57.3 Å².